The van der Waals surface area contributed by atoms with Gasteiger partial charge < -0.3 is 4.98 Å². The second-order valence-corrected chi connectivity index (χ2v) is 4.11. The molecule has 8 heteroatoms. The molecule has 88 valence electrons. The molecule has 3 aromatic heterocycles. The van der Waals surface area contributed by atoms with E-state index in [1.165, 1.54) is 6.33 Å². The van der Waals surface area contributed by atoms with Crippen LogP contribution in [0.2, 0.25) is 0 Å². The van der Waals surface area contributed by atoms with Gasteiger partial charge in [0.2, 0.25) is 10.5 Å². The number of hydrogen-bond acceptors (Lipinski definition) is 4. The van der Waals surface area contributed by atoms with Gasteiger partial charge in [-0.15, -0.1) is 5.10 Å². The summed E-state index contributed by atoms with van der Waals surface area (Å²) in [7, 11) is 0. The zero-order valence-corrected chi connectivity index (χ0v) is 9.91. The first kappa shape index (κ1) is 10.2. The van der Waals surface area contributed by atoms with Crippen molar-refractivity contribution in [3.05, 3.63) is 21.5 Å². The summed E-state index contributed by atoms with van der Waals surface area (Å²) in [6.07, 6.45) is 2.32. The quantitative estimate of drug-likeness (QED) is 0.660. The number of imidazole rings is 1. The molecule has 0 atom stereocenters. The van der Waals surface area contributed by atoms with Crippen LogP contribution in [0.15, 0.2) is 11.1 Å². The van der Waals surface area contributed by atoms with Crippen molar-refractivity contribution in [2.24, 2.45) is 0 Å². The monoisotopic (exact) mass is 250 g/mol. The predicted octanol–water partition coefficient (Wildman–Crippen LogP) is 0.840. The number of nitrogens with zero attached hydrogens (tertiary/aromatic N) is 4. The van der Waals surface area contributed by atoms with E-state index in [1.54, 1.807) is 8.97 Å². The molecule has 0 saturated carbocycles. The smallest absolute Gasteiger partial charge is 0.280 e. The summed E-state index contributed by atoms with van der Waals surface area (Å²) in [6.45, 7) is 2.60. The van der Waals surface area contributed by atoms with Gasteiger partial charge in [-0.25, -0.2) is 14.5 Å². The van der Waals surface area contributed by atoms with Crippen LogP contribution in [0.3, 0.4) is 0 Å². The van der Waals surface area contributed by atoms with Crippen LogP contribution in [0.25, 0.3) is 16.9 Å². The van der Waals surface area contributed by atoms with Gasteiger partial charge in [0.25, 0.3) is 5.56 Å². The molecular formula is C9H10N6OS. The van der Waals surface area contributed by atoms with Crippen LogP contribution >= 0.6 is 12.2 Å². The highest BCUT2D eigenvalue weighted by Crippen LogP contribution is 2.08. The first-order valence-electron chi connectivity index (χ1n) is 5.27. The fraction of sp³-hybridized carbons (Fsp3) is 0.333. The fourth-order valence-electron chi connectivity index (χ4n) is 1.93. The van der Waals surface area contributed by atoms with Crippen LogP contribution in [0.1, 0.15) is 13.3 Å². The third-order valence-corrected chi connectivity index (χ3v) is 2.91. The normalized spacial score (nSPS) is 11.6. The van der Waals surface area contributed by atoms with E-state index in [0.29, 0.717) is 28.3 Å². The molecule has 7 nitrogen and oxygen atoms in total. The molecular weight excluding hydrogens is 240 g/mol. The van der Waals surface area contributed by atoms with E-state index in [9.17, 15) is 4.79 Å². The van der Waals surface area contributed by atoms with Crippen molar-refractivity contribution in [1.29, 1.82) is 0 Å². The van der Waals surface area contributed by atoms with Crippen molar-refractivity contribution in [2.75, 3.05) is 0 Å². The highest BCUT2D eigenvalue weighted by atomic mass is 32.1. The summed E-state index contributed by atoms with van der Waals surface area (Å²) < 4.78 is 3.69. The molecule has 0 aliphatic rings. The van der Waals surface area contributed by atoms with Crippen molar-refractivity contribution >= 4 is 29.2 Å². The van der Waals surface area contributed by atoms with E-state index in [-0.39, 0.29) is 5.56 Å². The maximum atomic E-state index is 12.2. The highest BCUT2D eigenvalue weighted by molar-refractivity contribution is 7.71. The summed E-state index contributed by atoms with van der Waals surface area (Å²) in [6, 6.07) is 0. The van der Waals surface area contributed by atoms with Crippen molar-refractivity contribution in [3.63, 3.8) is 0 Å². The molecule has 0 aliphatic heterocycles. The van der Waals surface area contributed by atoms with Gasteiger partial charge in [0.05, 0.1) is 6.33 Å². The lowest BCUT2D eigenvalue weighted by Gasteiger charge is -2.05. The van der Waals surface area contributed by atoms with Gasteiger partial charge in [-0.2, -0.15) is 0 Å². The number of fused-ring (bicyclic) bond motifs is 3. The van der Waals surface area contributed by atoms with Gasteiger partial charge >= 0.3 is 0 Å². The third kappa shape index (κ3) is 1.27. The Morgan fingerprint density at radius 2 is 2.35 bits per heavy atom. The summed E-state index contributed by atoms with van der Waals surface area (Å²) in [5, 5.41) is 6.77. The van der Waals surface area contributed by atoms with Gasteiger partial charge in [-0.05, 0) is 18.6 Å². The van der Waals surface area contributed by atoms with E-state index >= 15 is 0 Å². The van der Waals surface area contributed by atoms with Crippen LogP contribution < -0.4 is 5.56 Å². The van der Waals surface area contributed by atoms with Crippen LogP contribution in [0.5, 0.6) is 0 Å². The van der Waals surface area contributed by atoms with Crippen LogP contribution in [0.4, 0.5) is 0 Å². The third-order valence-electron chi connectivity index (χ3n) is 2.63. The molecule has 0 unspecified atom stereocenters. The minimum atomic E-state index is -0.124. The standard InChI is InChI=1S/C9H10N6OS/c1-2-3-14-7(16)5-6(11-4-10-5)15-8(14)12-13-9(15)17/h4H,2-3H2,1H3,(H,10,11)(H,13,17). The average molecular weight is 250 g/mol. The van der Waals surface area contributed by atoms with Crippen molar-refractivity contribution in [1.82, 2.24) is 29.1 Å². The first-order chi connectivity index (χ1) is 8.24. The lowest BCUT2D eigenvalue weighted by molar-refractivity contribution is 0.662. The molecule has 2 N–H and O–H groups in total. The van der Waals surface area contributed by atoms with Crippen molar-refractivity contribution in [3.8, 4) is 0 Å². The summed E-state index contributed by atoms with van der Waals surface area (Å²) in [5.41, 5.74) is 0.834. The zero-order chi connectivity index (χ0) is 12.0. The largest absolute Gasteiger partial charge is 0.339 e. The summed E-state index contributed by atoms with van der Waals surface area (Å²) in [5.74, 6) is 0.501. The Morgan fingerprint density at radius 1 is 1.53 bits per heavy atom. The Hall–Kier alpha value is -1.96. The molecule has 0 amide bonds. The molecule has 0 spiro atoms. The molecule has 3 rings (SSSR count). The van der Waals surface area contributed by atoms with Crippen LogP contribution in [-0.2, 0) is 6.54 Å². The Bertz CT molecular complexity index is 806. The Kier molecular flexibility index (Phi) is 2.11. The van der Waals surface area contributed by atoms with E-state index in [4.69, 9.17) is 12.2 Å². The number of rotatable bonds is 2. The number of aryl methyl sites for hydroxylation is 1. The fourth-order valence-corrected chi connectivity index (χ4v) is 2.14. The Morgan fingerprint density at radius 3 is 3.12 bits per heavy atom. The maximum Gasteiger partial charge on any atom is 0.280 e. The van der Waals surface area contributed by atoms with E-state index in [2.05, 4.69) is 20.2 Å². The number of H-pyrrole nitrogens is 2. The molecule has 0 aromatic carbocycles. The SMILES string of the molecule is CCCn1c(=O)c2[nH]cnc2n2c(=S)[nH]nc12. The highest BCUT2D eigenvalue weighted by Gasteiger charge is 2.14. The number of aromatic nitrogens is 6. The van der Waals surface area contributed by atoms with Gasteiger partial charge in [0, 0.05) is 6.54 Å². The lowest BCUT2D eigenvalue weighted by Crippen LogP contribution is -2.23. The van der Waals surface area contributed by atoms with Crippen molar-refractivity contribution in [2.45, 2.75) is 19.9 Å². The summed E-state index contributed by atoms with van der Waals surface area (Å²) >= 11 is 5.14. The summed E-state index contributed by atoms with van der Waals surface area (Å²) in [4.78, 5) is 19.1. The van der Waals surface area contributed by atoms with Gasteiger partial charge in [-0.1, -0.05) is 6.92 Å². The number of hydrogen-bond donors (Lipinski definition) is 2. The maximum absolute atomic E-state index is 12.2. The van der Waals surface area contributed by atoms with Gasteiger partial charge in [-0.3, -0.25) is 9.36 Å². The Balaban J connectivity index is 2.63. The van der Waals surface area contributed by atoms with E-state index in [0.717, 1.165) is 6.42 Å². The molecule has 0 aliphatic carbocycles. The van der Waals surface area contributed by atoms with Crippen LogP contribution in [0, 0.1) is 4.77 Å². The minimum Gasteiger partial charge on any atom is -0.339 e. The first-order valence-corrected chi connectivity index (χ1v) is 5.68. The van der Waals surface area contributed by atoms with Crippen molar-refractivity contribution < 1.29 is 0 Å². The molecule has 3 aromatic rings. The lowest BCUT2D eigenvalue weighted by atomic mass is 10.4. The molecule has 0 saturated heterocycles. The van der Waals surface area contributed by atoms with Crippen LogP contribution in [-0.4, -0.2) is 29.1 Å². The molecule has 0 radical (unpaired) electrons. The van der Waals surface area contributed by atoms with E-state index in [1.807, 2.05) is 6.92 Å². The zero-order valence-electron chi connectivity index (χ0n) is 9.10. The molecule has 0 fully saturated rings. The molecule has 17 heavy (non-hydrogen) atoms. The Labute approximate surface area is 100 Å². The number of aromatic amines is 2. The topological polar surface area (TPSA) is 83.8 Å². The molecule has 3 heterocycles. The minimum absolute atomic E-state index is 0.124. The second-order valence-electron chi connectivity index (χ2n) is 3.72. The van der Waals surface area contributed by atoms with Gasteiger partial charge in [0.15, 0.2) is 5.65 Å². The van der Waals surface area contributed by atoms with Gasteiger partial charge in [0.1, 0.15) is 5.52 Å². The predicted molar refractivity (Wildman–Crippen MR) is 64.6 cm³/mol. The number of nitrogens with one attached hydrogen (secondary N) is 2. The molecule has 0 bridgehead atoms. The average Bonchev–Trinajstić information content (AvgIpc) is 2.90. The second kappa shape index (κ2) is 3.52. The van der Waals surface area contributed by atoms with E-state index < -0.39 is 0 Å².